The number of benzene rings is 2. The number of aryl methyl sites for hydroxylation is 1. The first-order valence-corrected chi connectivity index (χ1v) is 12.4. The van der Waals surface area contributed by atoms with Crippen molar-refractivity contribution < 1.29 is 13.5 Å². The Bertz CT molecular complexity index is 1010. The third-order valence-corrected chi connectivity index (χ3v) is 7.47. The van der Waals surface area contributed by atoms with E-state index in [0.717, 1.165) is 24.0 Å². The predicted molar refractivity (Wildman–Crippen MR) is 130 cm³/mol. The lowest BCUT2D eigenvalue weighted by Gasteiger charge is -2.42. The van der Waals surface area contributed by atoms with Gasteiger partial charge in [0, 0.05) is 12.2 Å². The molecule has 2 aliphatic rings. The molecule has 174 valence electrons. The number of halogens is 2. The van der Waals surface area contributed by atoms with Gasteiger partial charge < -0.3 is 4.74 Å². The fourth-order valence-corrected chi connectivity index (χ4v) is 5.65. The molecule has 0 N–H and O–H groups in total. The standard InChI is InChI=1S/C30H34F2O/c1-3-5-6-23-13-14-24(30(32)29(23)31)12-9-21-7-10-22(11-8-21)25-15-16-27-20-28(33-4-2)18-17-26(27)19-25/h3,7-8,10-11,13-14,25-28H,1,4-6,15-20H2,2H3. The molecule has 2 aliphatic carbocycles. The van der Waals surface area contributed by atoms with Crippen LogP contribution in [0.15, 0.2) is 49.1 Å². The zero-order valence-electron chi connectivity index (χ0n) is 19.6. The molecule has 0 spiro atoms. The number of ether oxygens (including phenoxy) is 1. The van der Waals surface area contributed by atoms with Crippen LogP contribution in [0.4, 0.5) is 8.78 Å². The maximum atomic E-state index is 14.4. The van der Waals surface area contributed by atoms with Crippen LogP contribution >= 0.6 is 0 Å². The number of hydrogen-bond acceptors (Lipinski definition) is 1. The average molecular weight is 449 g/mol. The van der Waals surface area contributed by atoms with Crippen molar-refractivity contribution in [3.05, 3.63) is 82.9 Å². The van der Waals surface area contributed by atoms with Crippen LogP contribution in [0.3, 0.4) is 0 Å². The molecule has 0 aromatic heterocycles. The van der Waals surface area contributed by atoms with Crippen molar-refractivity contribution in [2.45, 2.75) is 70.3 Å². The first-order valence-electron chi connectivity index (χ1n) is 12.4. The Morgan fingerprint density at radius 1 is 0.939 bits per heavy atom. The van der Waals surface area contributed by atoms with E-state index in [-0.39, 0.29) is 5.56 Å². The molecule has 1 nitrogen and oxygen atoms in total. The Kier molecular flexibility index (Phi) is 7.99. The molecule has 0 saturated heterocycles. The van der Waals surface area contributed by atoms with E-state index in [4.69, 9.17) is 4.74 Å². The summed E-state index contributed by atoms with van der Waals surface area (Å²) in [7, 11) is 0. The minimum absolute atomic E-state index is 0.0971. The van der Waals surface area contributed by atoms with Crippen LogP contribution in [-0.2, 0) is 11.2 Å². The van der Waals surface area contributed by atoms with Gasteiger partial charge in [0.05, 0.1) is 11.7 Å². The summed E-state index contributed by atoms with van der Waals surface area (Å²) in [5, 5.41) is 0. The van der Waals surface area contributed by atoms with Gasteiger partial charge in [-0.1, -0.05) is 36.1 Å². The van der Waals surface area contributed by atoms with Crippen LogP contribution < -0.4 is 0 Å². The van der Waals surface area contributed by atoms with Crippen LogP contribution in [0.25, 0.3) is 0 Å². The minimum Gasteiger partial charge on any atom is -0.378 e. The van der Waals surface area contributed by atoms with E-state index in [1.165, 1.54) is 44.1 Å². The third kappa shape index (κ3) is 5.74. The fourth-order valence-electron chi connectivity index (χ4n) is 5.65. The summed E-state index contributed by atoms with van der Waals surface area (Å²) < 4.78 is 34.5. The van der Waals surface area contributed by atoms with Crippen molar-refractivity contribution in [1.29, 1.82) is 0 Å². The van der Waals surface area contributed by atoms with Gasteiger partial charge >= 0.3 is 0 Å². The molecule has 0 aliphatic heterocycles. The summed E-state index contributed by atoms with van der Waals surface area (Å²) in [5.41, 5.74) is 2.65. The number of rotatable bonds is 6. The lowest BCUT2D eigenvalue weighted by atomic mass is 9.65. The zero-order valence-corrected chi connectivity index (χ0v) is 19.6. The highest BCUT2D eigenvalue weighted by Gasteiger charge is 2.36. The molecule has 0 radical (unpaired) electrons. The maximum Gasteiger partial charge on any atom is 0.174 e. The van der Waals surface area contributed by atoms with E-state index in [1.807, 2.05) is 12.1 Å². The Balaban J connectivity index is 1.39. The molecule has 0 amide bonds. The highest BCUT2D eigenvalue weighted by atomic mass is 19.2. The van der Waals surface area contributed by atoms with Gasteiger partial charge in [0.2, 0.25) is 0 Å². The smallest absolute Gasteiger partial charge is 0.174 e. The minimum atomic E-state index is -0.864. The second-order valence-electron chi connectivity index (χ2n) is 9.52. The van der Waals surface area contributed by atoms with Crippen LogP contribution in [-0.4, -0.2) is 12.7 Å². The van der Waals surface area contributed by atoms with E-state index < -0.39 is 11.6 Å². The number of allylic oxidation sites excluding steroid dienone is 1. The number of hydrogen-bond donors (Lipinski definition) is 0. The second kappa shape index (κ2) is 11.1. The monoisotopic (exact) mass is 448 g/mol. The van der Waals surface area contributed by atoms with Gasteiger partial charge in [0.25, 0.3) is 0 Å². The summed E-state index contributed by atoms with van der Waals surface area (Å²) in [6.45, 7) is 6.54. The molecule has 0 heterocycles. The Morgan fingerprint density at radius 3 is 2.45 bits per heavy atom. The third-order valence-electron chi connectivity index (χ3n) is 7.47. The summed E-state index contributed by atoms with van der Waals surface area (Å²) in [4.78, 5) is 0. The van der Waals surface area contributed by atoms with Gasteiger partial charge in [0.15, 0.2) is 11.6 Å². The van der Waals surface area contributed by atoms with E-state index >= 15 is 0 Å². The van der Waals surface area contributed by atoms with Crippen molar-refractivity contribution in [1.82, 2.24) is 0 Å². The van der Waals surface area contributed by atoms with Crippen LogP contribution in [0, 0.1) is 35.3 Å². The Labute approximate surface area is 197 Å². The number of fused-ring (bicyclic) bond motifs is 1. The van der Waals surface area contributed by atoms with Crippen molar-refractivity contribution in [3.8, 4) is 11.8 Å². The first kappa shape index (κ1) is 23.7. The lowest BCUT2D eigenvalue weighted by molar-refractivity contribution is -0.00955. The SMILES string of the molecule is C=CCCc1ccc(C#Cc2ccc(C3CCC4CC(OCC)CCC4C3)cc2)c(F)c1F. The topological polar surface area (TPSA) is 9.23 Å². The molecule has 2 fully saturated rings. The van der Waals surface area contributed by atoms with Gasteiger partial charge in [-0.2, -0.15) is 0 Å². The summed E-state index contributed by atoms with van der Waals surface area (Å²) >= 11 is 0. The molecule has 4 unspecified atom stereocenters. The van der Waals surface area contributed by atoms with Crippen LogP contribution in [0.5, 0.6) is 0 Å². The van der Waals surface area contributed by atoms with Crippen LogP contribution in [0.2, 0.25) is 0 Å². The highest BCUT2D eigenvalue weighted by molar-refractivity contribution is 5.45. The van der Waals surface area contributed by atoms with Gasteiger partial charge in [-0.3, -0.25) is 0 Å². The second-order valence-corrected chi connectivity index (χ2v) is 9.52. The average Bonchev–Trinajstić information content (AvgIpc) is 2.84. The highest BCUT2D eigenvalue weighted by Crippen LogP contribution is 2.46. The van der Waals surface area contributed by atoms with Crippen molar-refractivity contribution in [3.63, 3.8) is 0 Å². The Morgan fingerprint density at radius 2 is 1.70 bits per heavy atom. The predicted octanol–water partition coefficient (Wildman–Crippen LogP) is 7.57. The molecule has 4 atom stereocenters. The largest absolute Gasteiger partial charge is 0.378 e. The Hall–Kier alpha value is -2.44. The lowest BCUT2D eigenvalue weighted by Crippen LogP contribution is -2.33. The molecule has 33 heavy (non-hydrogen) atoms. The summed E-state index contributed by atoms with van der Waals surface area (Å²) in [6, 6.07) is 11.5. The molecule has 2 saturated carbocycles. The van der Waals surface area contributed by atoms with Gasteiger partial charge in [0.1, 0.15) is 0 Å². The molecular formula is C30H34F2O. The first-order chi connectivity index (χ1) is 16.1. The quantitative estimate of drug-likeness (QED) is 0.327. The fraction of sp³-hybridized carbons (Fsp3) is 0.467. The van der Waals surface area contributed by atoms with E-state index in [9.17, 15) is 8.78 Å². The van der Waals surface area contributed by atoms with E-state index in [1.54, 1.807) is 18.2 Å². The molecule has 2 aromatic rings. The van der Waals surface area contributed by atoms with Crippen molar-refractivity contribution >= 4 is 0 Å². The van der Waals surface area contributed by atoms with Crippen molar-refractivity contribution in [2.75, 3.05) is 6.61 Å². The molecule has 4 rings (SSSR count). The molecule has 3 heteroatoms. The van der Waals surface area contributed by atoms with E-state index in [0.29, 0.717) is 30.4 Å². The molecule has 2 aromatic carbocycles. The molecule has 0 bridgehead atoms. The van der Waals surface area contributed by atoms with Gasteiger partial charge in [-0.25, -0.2) is 8.78 Å². The molecular weight excluding hydrogens is 414 g/mol. The normalized spacial score (nSPS) is 24.5. The summed E-state index contributed by atoms with van der Waals surface area (Å²) in [5.74, 6) is 6.37. The van der Waals surface area contributed by atoms with Crippen molar-refractivity contribution in [2.24, 2.45) is 11.8 Å². The zero-order chi connectivity index (χ0) is 23.2. The van der Waals surface area contributed by atoms with Crippen LogP contribution in [0.1, 0.15) is 80.0 Å². The summed E-state index contributed by atoms with van der Waals surface area (Å²) in [6.07, 6.45) is 10.7. The van der Waals surface area contributed by atoms with E-state index in [2.05, 4.69) is 37.5 Å². The maximum absolute atomic E-state index is 14.4. The van der Waals surface area contributed by atoms with Gasteiger partial charge in [-0.15, -0.1) is 6.58 Å². The van der Waals surface area contributed by atoms with Gasteiger partial charge in [-0.05, 0) is 105 Å².